The molecule has 6 nitrogen and oxygen atoms in total. The van der Waals surface area contributed by atoms with Crippen LogP contribution in [0.25, 0.3) is 0 Å². The lowest BCUT2D eigenvalue weighted by Gasteiger charge is -2.22. The minimum atomic E-state index is -0.451. The van der Waals surface area contributed by atoms with Crippen molar-refractivity contribution >= 4 is 35.8 Å². The van der Waals surface area contributed by atoms with Crippen molar-refractivity contribution in [1.29, 1.82) is 0 Å². The number of amides is 1. The Morgan fingerprint density at radius 2 is 2.32 bits per heavy atom. The molecule has 0 spiro atoms. The number of nitrogens with zero attached hydrogens (tertiary/aromatic N) is 1. The minimum absolute atomic E-state index is 0. The van der Waals surface area contributed by atoms with E-state index in [1.807, 2.05) is 0 Å². The van der Waals surface area contributed by atoms with Gasteiger partial charge in [0.05, 0.1) is 9.82 Å². The molecule has 122 valence electrons. The number of carbonyl (C=O) groups excluding carboxylic acids is 1. The second-order valence-electron chi connectivity index (χ2n) is 5.07. The van der Waals surface area contributed by atoms with Gasteiger partial charge in [-0.3, -0.25) is 14.9 Å². The second kappa shape index (κ2) is 8.97. The zero-order valence-electron chi connectivity index (χ0n) is 12.3. The maximum atomic E-state index is 12.1. The molecule has 1 aromatic carbocycles. The molecule has 1 fully saturated rings. The van der Waals surface area contributed by atoms with Crippen LogP contribution in [-0.2, 0) is 0 Å². The number of rotatable bonds is 5. The number of halogens is 1. The molecule has 0 saturated carbocycles. The van der Waals surface area contributed by atoms with Crippen molar-refractivity contribution in [3.8, 4) is 0 Å². The lowest BCUT2D eigenvalue weighted by atomic mass is 9.99. The first-order chi connectivity index (χ1) is 10.1. The van der Waals surface area contributed by atoms with Crippen LogP contribution in [0.4, 0.5) is 5.69 Å². The first-order valence-electron chi connectivity index (χ1n) is 6.93. The smallest absolute Gasteiger partial charge is 0.283 e. The van der Waals surface area contributed by atoms with Gasteiger partial charge in [0.1, 0.15) is 0 Å². The van der Waals surface area contributed by atoms with E-state index in [2.05, 4.69) is 10.6 Å². The molecule has 22 heavy (non-hydrogen) atoms. The van der Waals surface area contributed by atoms with Crippen molar-refractivity contribution < 1.29 is 9.72 Å². The van der Waals surface area contributed by atoms with Gasteiger partial charge in [-0.05, 0) is 50.2 Å². The number of benzene rings is 1. The van der Waals surface area contributed by atoms with E-state index in [4.69, 9.17) is 0 Å². The predicted octanol–water partition coefficient (Wildman–Crippen LogP) is 2.47. The molecular formula is C14H20ClN3O3S. The summed E-state index contributed by atoms with van der Waals surface area (Å²) in [5.74, 6) is 0.180. The highest BCUT2D eigenvalue weighted by Gasteiger charge is 2.18. The molecule has 1 aliphatic heterocycles. The number of nitro benzene ring substituents is 1. The summed E-state index contributed by atoms with van der Waals surface area (Å²) in [5.41, 5.74) is 0.317. The number of nitro groups is 1. The van der Waals surface area contributed by atoms with E-state index in [-0.39, 0.29) is 24.0 Å². The molecule has 1 atom stereocenters. The molecule has 1 unspecified atom stereocenters. The van der Waals surface area contributed by atoms with Crippen LogP contribution in [0.3, 0.4) is 0 Å². The van der Waals surface area contributed by atoms with E-state index in [0.29, 0.717) is 22.9 Å². The third-order valence-electron chi connectivity index (χ3n) is 3.59. The molecule has 8 heteroatoms. The Morgan fingerprint density at radius 3 is 2.91 bits per heavy atom. The van der Waals surface area contributed by atoms with Gasteiger partial charge in [-0.2, -0.15) is 0 Å². The molecule has 1 aliphatic rings. The van der Waals surface area contributed by atoms with Gasteiger partial charge >= 0.3 is 0 Å². The van der Waals surface area contributed by atoms with Crippen LogP contribution in [0, 0.1) is 16.0 Å². The second-order valence-corrected chi connectivity index (χ2v) is 5.91. The predicted molar refractivity (Wildman–Crippen MR) is 90.1 cm³/mol. The summed E-state index contributed by atoms with van der Waals surface area (Å²) in [6.45, 7) is 2.54. The first-order valence-corrected chi connectivity index (χ1v) is 8.15. The Labute approximate surface area is 140 Å². The highest BCUT2D eigenvalue weighted by molar-refractivity contribution is 7.98. The average molecular weight is 346 g/mol. The molecule has 2 rings (SSSR count). The highest BCUT2D eigenvalue weighted by atomic mass is 35.5. The van der Waals surface area contributed by atoms with Crippen LogP contribution in [-0.4, -0.2) is 36.7 Å². The van der Waals surface area contributed by atoms with Gasteiger partial charge in [-0.15, -0.1) is 24.2 Å². The first kappa shape index (κ1) is 18.7. The van der Waals surface area contributed by atoms with Crippen LogP contribution >= 0.6 is 24.2 Å². The Balaban J connectivity index is 0.00000242. The van der Waals surface area contributed by atoms with Crippen LogP contribution < -0.4 is 10.6 Å². The summed E-state index contributed by atoms with van der Waals surface area (Å²) in [7, 11) is 0. The van der Waals surface area contributed by atoms with E-state index in [1.165, 1.54) is 17.8 Å². The van der Waals surface area contributed by atoms with Gasteiger partial charge in [0.15, 0.2) is 0 Å². The topological polar surface area (TPSA) is 84.3 Å². The molecule has 1 amide bonds. The minimum Gasteiger partial charge on any atom is -0.352 e. The third kappa shape index (κ3) is 4.86. The van der Waals surface area contributed by atoms with Crippen molar-refractivity contribution in [3.63, 3.8) is 0 Å². The normalized spacial score (nSPS) is 17.4. The van der Waals surface area contributed by atoms with Gasteiger partial charge in [0, 0.05) is 18.2 Å². The fraction of sp³-hybridized carbons (Fsp3) is 0.500. The van der Waals surface area contributed by atoms with E-state index < -0.39 is 4.92 Å². The van der Waals surface area contributed by atoms with Crippen molar-refractivity contribution in [2.75, 3.05) is 25.9 Å². The van der Waals surface area contributed by atoms with Crippen LogP contribution in [0.5, 0.6) is 0 Å². The molecule has 0 aliphatic carbocycles. The molecule has 0 radical (unpaired) electrons. The number of hydrogen-bond acceptors (Lipinski definition) is 5. The maximum absolute atomic E-state index is 12.1. The number of piperidine rings is 1. The fourth-order valence-corrected chi connectivity index (χ4v) is 2.96. The zero-order chi connectivity index (χ0) is 15.2. The Hall–Kier alpha value is -1.31. The lowest BCUT2D eigenvalue weighted by Crippen LogP contribution is -2.38. The molecule has 1 saturated heterocycles. The Kier molecular flexibility index (Phi) is 7.64. The Bertz CT molecular complexity index is 536. The fourth-order valence-electron chi connectivity index (χ4n) is 2.41. The molecule has 2 N–H and O–H groups in total. The summed E-state index contributed by atoms with van der Waals surface area (Å²) in [4.78, 5) is 23.2. The summed E-state index contributed by atoms with van der Waals surface area (Å²) in [6, 6.07) is 4.60. The van der Waals surface area contributed by atoms with Crippen molar-refractivity contribution in [2.24, 2.45) is 5.92 Å². The number of thioether (sulfide) groups is 1. The quantitative estimate of drug-likeness (QED) is 0.486. The van der Waals surface area contributed by atoms with E-state index >= 15 is 0 Å². The summed E-state index contributed by atoms with van der Waals surface area (Å²) in [5, 5.41) is 17.2. The van der Waals surface area contributed by atoms with Crippen molar-refractivity contribution in [3.05, 3.63) is 33.9 Å². The number of nitrogens with one attached hydrogen (secondary N) is 2. The molecule has 1 heterocycles. The van der Waals surface area contributed by atoms with Gasteiger partial charge < -0.3 is 10.6 Å². The SMILES string of the molecule is CSc1ccc(C(=O)NCC2CCCNC2)cc1[N+](=O)[O-].Cl. The maximum Gasteiger partial charge on any atom is 0.283 e. The standard InChI is InChI=1S/C14H19N3O3S.ClH/c1-21-13-5-4-11(7-12(13)17(19)20)14(18)16-9-10-3-2-6-15-8-10;/h4-5,7,10,15H,2-3,6,8-9H2,1H3,(H,16,18);1H. The molecule has 0 bridgehead atoms. The van der Waals surface area contributed by atoms with Gasteiger partial charge in [0.2, 0.25) is 0 Å². The van der Waals surface area contributed by atoms with E-state index in [0.717, 1.165) is 25.9 Å². The van der Waals surface area contributed by atoms with Gasteiger partial charge in [0.25, 0.3) is 11.6 Å². The van der Waals surface area contributed by atoms with E-state index in [9.17, 15) is 14.9 Å². The van der Waals surface area contributed by atoms with Crippen LogP contribution in [0.1, 0.15) is 23.2 Å². The highest BCUT2D eigenvalue weighted by Crippen LogP contribution is 2.28. The number of hydrogen-bond donors (Lipinski definition) is 2. The van der Waals surface area contributed by atoms with Crippen molar-refractivity contribution in [2.45, 2.75) is 17.7 Å². The molecular weight excluding hydrogens is 326 g/mol. The van der Waals surface area contributed by atoms with Crippen LogP contribution in [0.15, 0.2) is 23.1 Å². The molecule has 1 aromatic rings. The zero-order valence-corrected chi connectivity index (χ0v) is 14.0. The third-order valence-corrected chi connectivity index (χ3v) is 4.37. The average Bonchev–Trinajstić information content (AvgIpc) is 2.52. The molecule has 0 aromatic heterocycles. The Morgan fingerprint density at radius 1 is 1.55 bits per heavy atom. The van der Waals surface area contributed by atoms with E-state index in [1.54, 1.807) is 18.4 Å². The van der Waals surface area contributed by atoms with Gasteiger partial charge in [-0.25, -0.2) is 0 Å². The van der Waals surface area contributed by atoms with Crippen LogP contribution in [0.2, 0.25) is 0 Å². The van der Waals surface area contributed by atoms with Crippen molar-refractivity contribution in [1.82, 2.24) is 10.6 Å². The monoisotopic (exact) mass is 345 g/mol. The summed E-state index contributed by atoms with van der Waals surface area (Å²) in [6.07, 6.45) is 3.99. The van der Waals surface area contributed by atoms with Gasteiger partial charge in [-0.1, -0.05) is 0 Å². The summed E-state index contributed by atoms with van der Waals surface area (Å²) >= 11 is 1.30. The lowest BCUT2D eigenvalue weighted by molar-refractivity contribution is -0.387. The summed E-state index contributed by atoms with van der Waals surface area (Å²) < 4.78 is 0. The number of carbonyl (C=O) groups is 1. The largest absolute Gasteiger partial charge is 0.352 e.